The number of hydrogen-bond acceptors (Lipinski definition) is 7. The van der Waals surface area contributed by atoms with E-state index in [-0.39, 0.29) is 5.91 Å². The molecule has 0 saturated carbocycles. The van der Waals surface area contributed by atoms with E-state index in [1.807, 2.05) is 35.2 Å². The lowest BCUT2D eigenvalue weighted by Gasteiger charge is -2.36. The summed E-state index contributed by atoms with van der Waals surface area (Å²) in [5, 5.41) is 2.00. The number of hydrogen-bond donors (Lipinski definition) is 0. The van der Waals surface area contributed by atoms with Gasteiger partial charge in [-0.25, -0.2) is 15.0 Å². The molecule has 8 nitrogen and oxygen atoms in total. The standard InChI is InChI=1S/C29H31N7O/c37-28(35-15-13-33(14-16-35)22-23-7-2-1-3-8-23)26-21-32-27(25-10-5-4-9-24(25)26)34-17-19-36(20-18-34)29-30-11-6-12-31-29/h1-12,21H,13-20,22H2. The normalized spacial score (nSPS) is 16.8. The molecule has 0 N–H and O–H groups in total. The van der Waals surface area contributed by atoms with Crippen LogP contribution in [0.25, 0.3) is 10.8 Å². The van der Waals surface area contributed by atoms with Gasteiger partial charge < -0.3 is 14.7 Å². The molecule has 8 heteroatoms. The number of pyridine rings is 1. The predicted octanol–water partition coefficient (Wildman–Crippen LogP) is 3.31. The molecule has 2 saturated heterocycles. The lowest BCUT2D eigenvalue weighted by molar-refractivity contribution is 0.0630. The van der Waals surface area contributed by atoms with E-state index >= 15 is 0 Å². The molecule has 0 unspecified atom stereocenters. The van der Waals surface area contributed by atoms with Crippen molar-refractivity contribution in [1.29, 1.82) is 0 Å². The minimum atomic E-state index is 0.0701. The summed E-state index contributed by atoms with van der Waals surface area (Å²) in [7, 11) is 0. The van der Waals surface area contributed by atoms with Gasteiger partial charge in [0.2, 0.25) is 5.95 Å². The van der Waals surface area contributed by atoms with E-state index in [0.29, 0.717) is 5.56 Å². The molecule has 2 aliphatic rings. The van der Waals surface area contributed by atoms with Crippen molar-refractivity contribution in [2.24, 2.45) is 0 Å². The van der Waals surface area contributed by atoms with E-state index in [1.54, 1.807) is 18.6 Å². The first-order chi connectivity index (χ1) is 18.3. The molecule has 188 valence electrons. The summed E-state index contributed by atoms with van der Waals surface area (Å²) >= 11 is 0. The van der Waals surface area contributed by atoms with Crippen LogP contribution in [0.1, 0.15) is 15.9 Å². The second-order valence-corrected chi connectivity index (χ2v) is 9.62. The van der Waals surface area contributed by atoms with Crippen molar-refractivity contribution in [3.05, 3.63) is 90.4 Å². The van der Waals surface area contributed by atoms with Gasteiger partial charge in [-0.05, 0) is 17.0 Å². The molecule has 0 bridgehead atoms. The monoisotopic (exact) mass is 493 g/mol. The van der Waals surface area contributed by atoms with E-state index in [2.05, 4.69) is 55.0 Å². The summed E-state index contributed by atoms with van der Waals surface area (Å²) in [5.74, 6) is 1.78. The van der Waals surface area contributed by atoms with Gasteiger partial charge >= 0.3 is 0 Å². The lowest BCUT2D eigenvalue weighted by Crippen LogP contribution is -2.48. The van der Waals surface area contributed by atoms with Crippen LogP contribution >= 0.6 is 0 Å². The first-order valence-electron chi connectivity index (χ1n) is 13.0. The van der Waals surface area contributed by atoms with Crippen molar-refractivity contribution in [1.82, 2.24) is 24.8 Å². The third-order valence-electron chi connectivity index (χ3n) is 7.33. The summed E-state index contributed by atoms with van der Waals surface area (Å²) in [6.45, 7) is 7.43. The van der Waals surface area contributed by atoms with Crippen LogP contribution in [0, 0.1) is 0 Å². The molecule has 0 aliphatic carbocycles. The molecule has 0 radical (unpaired) electrons. The zero-order chi connectivity index (χ0) is 25.0. The Morgan fingerprint density at radius 2 is 1.32 bits per heavy atom. The number of nitrogens with zero attached hydrogens (tertiary/aromatic N) is 7. The van der Waals surface area contributed by atoms with Crippen molar-refractivity contribution in [2.75, 3.05) is 62.2 Å². The van der Waals surface area contributed by atoms with Crippen molar-refractivity contribution in [3.8, 4) is 0 Å². The van der Waals surface area contributed by atoms with Crippen molar-refractivity contribution < 1.29 is 4.79 Å². The van der Waals surface area contributed by atoms with Crippen LogP contribution in [0.4, 0.5) is 11.8 Å². The quantitative estimate of drug-likeness (QED) is 0.423. The van der Waals surface area contributed by atoms with Gasteiger partial charge in [-0.2, -0.15) is 0 Å². The van der Waals surface area contributed by atoms with E-state index in [9.17, 15) is 4.79 Å². The Bertz CT molecular complexity index is 1350. The van der Waals surface area contributed by atoms with Crippen LogP contribution < -0.4 is 9.80 Å². The molecule has 1 amide bonds. The van der Waals surface area contributed by atoms with Gasteiger partial charge in [0, 0.05) is 82.9 Å². The predicted molar refractivity (Wildman–Crippen MR) is 146 cm³/mol. The Morgan fingerprint density at radius 3 is 2.05 bits per heavy atom. The van der Waals surface area contributed by atoms with Gasteiger partial charge in [-0.15, -0.1) is 0 Å². The SMILES string of the molecule is O=C(c1cnc(N2CCN(c3ncccn3)CC2)c2ccccc12)N1CCN(Cc2ccccc2)CC1. The molecule has 2 aliphatic heterocycles. The molecule has 37 heavy (non-hydrogen) atoms. The van der Waals surface area contributed by atoms with Crippen LogP contribution in [0.2, 0.25) is 0 Å². The maximum atomic E-state index is 13.6. The Hall–Kier alpha value is -4.04. The molecular weight excluding hydrogens is 462 g/mol. The fourth-order valence-corrected chi connectivity index (χ4v) is 5.29. The van der Waals surface area contributed by atoms with Crippen LogP contribution in [0.5, 0.6) is 0 Å². The first-order valence-corrected chi connectivity index (χ1v) is 13.0. The number of carbonyl (C=O) groups is 1. The maximum absolute atomic E-state index is 13.6. The molecule has 6 rings (SSSR count). The number of piperazine rings is 2. The number of rotatable bonds is 5. The highest BCUT2D eigenvalue weighted by Gasteiger charge is 2.26. The summed E-state index contributed by atoms with van der Waals surface area (Å²) in [5.41, 5.74) is 2.00. The lowest BCUT2D eigenvalue weighted by atomic mass is 10.0. The highest BCUT2D eigenvalue weighted by atomic mass is 16.2. The van der Waals surface area contributed by atoms with E-state index in [0.717, 1.165) is 81.4 Å². The first kappa shape index (κ1) is 23.4. The summed E-state index contributed by atoms with van der Waals surface area (Å²) in [6, 6.07) is 20.5. The molecule has 2 fully saturated rings. The Labute approximate surface area is 217 Å². The topological polar surface area (TPSA) is 68.7 Å². The second-order valence-electron chi connectivity index (χ2n) is 9.62. The highest BCUT2D eigenvalue weighted by molar-refractivity contribution is 6.09. The fraction of sp³-hybridized carbons (Fsp3) is 0.310. The summed E-state index contributed by atoms with van der Waals surface area (Å²) in [6.07, 6.45) is 5.34. The average molecular weight is 494 g/mol. The van der Waals surface area contributed by atoms with E-state index < -0.39 is 0 Å². The fourth-order valence-electron chi connectivity index (χ4n) is 5.29. The van der Waals surface area contributed by atoms with Crippen LogP contribution in [-0.2, 0) is 6.54 Å². The summed E-state index contributed by atoms with van der Waals surface area (Å²) < 4.78 is 0. The number of aromatic nitrogens is 3. The molecular formula is C29H31N7O. The molecule has 4 aromatic rings. The molecule has 0 spiro atoms. The minimum absolute atomic E-state index is 0.0701. The van der Waals surface area contributed by atoms with Gasteiger partial charge in [-0.1, -0.05) is 54.6 Å². The van der Waals surface area contributed by atoms with Crippen molar-refractivity contribution in [2.45, 2.75) is 6.54 Å². The third kappa shape index (κ3) is 4.97. The zero-order valence-electron chi connectivity index (χ0n) is 20.9. The van der Waals surface area contributed by atoms with E-state index in [1.165, 1.54) is 5.56 Å². The van der Waals surface area contributed by atoms with Gasteiger partial charge in [0.15, 0.2) is 0 Å². The zero-order valence-corrected chi connectivity index (χ0v) is 20.9. The number of anilines is 2. The Morgan fingerprint density at radius 1 is 0.676 bits per heavy atom. The molecule has 2 aromatic carbocycles. The highest BCUT2D eigenvalue weighted by Crippen LogP contribution is 2.29. The van der Waals surface area contributed by atoms with Gasteiger partial charge in [0.25, 0.3) is 5.91 Å². The number of fused-ring (bicyclic) bond motifs is 1. The number of amides is 1. The number of benzene rings is 2. The number of carbonyl (C=O) groups excluding carboxylic acids is 1. The van der Waals surface area contributed by atoms with Gasteiger partial charge in [-0.3, -0.25) is 9.69 Å². The third-order valence-corrected chi connectivity index (χ3v) is 7.33. The average Bonchev–Trinajstić information content (AvgIpc) is 2.98. The van der Waals surface area contributed by atoms with E-state index in [4.69, 9.17) is 4.98 Å². The maximum Gasteiger partial charge on any atom is 0.256 e. The molecule has 0 atom stereocenters. The van der Waals surface area contributed by atoms with Crippen molar-refractivity contribution >= 4 is 28.4 Å². The molecule has 4 heterocycles. The van der Waals surface area contributed by atoms with Crippen molar-refractivity contribution in [3.63, 3.8) is 0 Å². The minimum Gasteiger partial charge on any atom is -0.353 e. The smallest absolute Gasteiger partial charge is 0.256 e. The van der Waals surface area contributed by atoms with Crippen LogP contribution in [0.15, 0.2) is 79.3 Å². The van der Waals surface area contributed by atoms with Crippen LogP contribution in [0.3, 0.4) is 0 Å². The Kier molecular flexibility index (Phi) is 6.64. The molecule has 2 aromatic heterocycles. The Balaban J connectivity index is 1.15. The van der Waals surface area contributed by atoms with Gasteiger partial charge in [0.1, 0.15) is 5.82 Å². The largest absolute Gasteiger partial charge is 0.353 e. The summed E-state index contributed by atoms with van der Waals surface area (Å²) in [4.78, 5) is 36.1. The van der Waals surface area contributed by atoms with Crippen LogP contribution in [-0.4, -0.2) is 83.0 Å². The van der Waals surface area contributed by atoms with Gasteiger partial charge in [0.05, 0.1) is 5.56 Å². The second kappa shape index (κ2) is 10.5.